The van der Waals surface area contributed by atoms with Crippen LogP contribution in [0.1, 0.15) is 10.4 Å². The number of carbonyl (C=O) groups is 1. The molecule has 0 saturated carbocycles. The third kappa shape index (κ3) is 2.17. The number of hydrogen-bond donors (Lipinski definition) is 0. The summed E-state index contributed by atoms with van der Waals surface area (Å²) in [4.78, 5) is 14.6. The second kappa shape index (κ2) is 4.59. The fraction of sp³-hybridized carbons (Fsp3) is 0. The number of hydrogen-bond acceptors (Lipinski definition) is 2. The molecule has 0 bridgehead atoms. The lowest BCUT2D eigenvalue weighted by Crippen LogP contribution is -1.93. The summed E-state index contributed by atoms with van der Waals surface area (Å²) in [6.07, 6.45) is 1.93. The largest absolute Gasteiger partial charge is 0.298 e. The van der Waals surface area contributed by atoms with Crippen LogP contribution in [-0.4, -0.2) is 11.3 Å². The first-order valence-electron chi connectivity index (χ1n) is 4.68. The molecule has 0 spiro atoms. The van der Waals surface area contributed by atoms with E-state index in [1.165, 1.54) is 18.3 Å². The fourth-order valence-electron chi connectivity index (χ4n) is 1.48. The van der Waals surface area contributed by atoms with Crippen molar-refractivity contribution in [3.63, 3.8) is 0 Å². The maximum absolute atomic E-state index is 13.1. The van der Waals surface area contributed by atoms with Crippen molar-refractivity contribution in [3.8, 4) is 11.1 Å². The Balaban J connectivity index is 2.64. The molecule has 86 valence electrons. The van der Waals surface area contributed by atoms with Gasteiger partial charge in [-0.15, -0.1) is 0 Å². The molecule has 0 aliphatic rings. The van der Waals surface area contributed by atoms with Gasteiger partial charge in [-0.1, -0.05) is 17.7 Å². The van der Waals surface area contributed by atoms with E-state index in [9.17, 15) is 13.6 Å². The van der Waals surface area contributed by atoms with Gasteiger partial charge in [0.05, 0.1) is 5.56 Å². The van der Waals surface area contributed by atoms with Gasteiger partial charge in [0, 0.05) is 6.20 Å². The van der Waals surface area contributed by atoms with Gasteiger partial charge in [-0.25, -0.2) is 13.8 Å². The van der Waals surface area contributed by atoms with E-state index in [2.05, 4.69) is 4.98 Å². The first-order chi connectivity index (χ1) is 8.13. The number of rotatable bonds is 2. The molecule has 1 heterocycles. The van der Waals surface area contributed by atoms with Crippen molar-refractivity contribution in [2.45, 2.75) is 0 Å². The minimum Gasteiger partial charge on any atom is -0.298 e. The van der Waals surface area contributed by atoms with E-state index in [4.69, 9.17) is 11.6 Å². The van der Waals surface area contributed by atoms with E-state index in [1.807, 2.05) is 0 Å². The summed E-state index contributed by atoms with van der Waals surface area (Å²) in [6.45, 7) is 0. The summed E-state index contributed by atoms with van der Waals surface area (Å²) in [7, 11) is 0. The monoisotopic (exact) mass is 253 g/mol. The zero-order valence-electron chi connectivity index (χ0n) is 8.45. The summed E-state index contributed by atoms with van der Waals surface area (Å²) in [6, 6.07) is 4.89. The summed E-state index contributed by atoms with van der Waals surface area (Å²) in [5.74, 6) is -1.92. The number of aromatic nitrogens is 1. The molecule has 5 heteroatoms. The summed E-state index contributed by atoms with van der Waals surface area (Å²) in [5, 5.41) is 0.0298. The lowest BCUT2D eigenvalue weighted by atomic mass is 10.0. The highest BCUT2D eigenvalue weighted by atomic mass is 35.5. The van der Waals surface area contributed by atoms with Crippen LogP contribution < -0.4 is 0 Å². The van der Waals surface area contributed by atoms with Gasteiger partial charge in [-0.2, -0.15) is 0 Å². The Hall–Kier alpha value is -1.81. The molecule has 0 N–H and O–H groups in total. The van der Waals surface area contributed by atoms with E-state index in [0.717, 1.165) is 12.1 Å². The standard InChI is InChI=1S/C12H6ClF2NO/c13-12-9(6-17)8(3-4-16-12)7-1-2-10(14)11(15)5-7/h1-6H. The Labute approximate surface area is 101 Å². The van der Waals surface area contributed by atoms with E-state index in [0.29, 0.717) is 17.4 Å². The van der Waals surface area contributed by atoms with Crippen molar-refractivity contribution in [1.29, 1.82) is 0 Å². The van der Waals surface area contributed by atoms with Gasteiger partial charge in [0.2, 0.25) is 0 Å². The highest BCUT2D eigenvalue weighted by Gasteiger charge is 2.11. The fourth-order valence-corrected chi connectivity index (χ4v) is 1.68. The summed E-state index contributed by atoms with van der Waals surface area (Å²) < 4.78 is 25.9. The SMILES string of the molecule is O=Cc1c(-c2ccc(F)c(F)c2)ccnc1Cl. The highest BCUT2D eigenvalue weighted by molar-refractivity contribution is 6.32. The molecule has 0 atom stereocenters. The Morgan fingerprint density at radius 1 is 1.18 bits per heavy atom. The predicted molar refractivity (Wildman–Crippen MR) is 60.0 cm³/mol. The maximum atomic E-state index is 13.1. The van der Waals surface area contributed by atoms with E-state index < -0.39 is 11.6 Å². The van der Waals surface area contributed by atoms with Crippen LogP contribution in [-0.2, 0) is 0 Å². The molecule has 0 amide bonds. The van der Waals surface area contributed by atoms with Gasteiger partial charge >= 0.3 is 0 Å². The van der Waals surface area contributed by atoms with Gasteiger partial charge in [0.1, 0.15) is 5.15 Å². The van der Waals surface area contributed by atoms with Gasteiger partial charge in [0.25, 0.3) is 0 Å². The molecule has 0 radical (unpaired) electrons. The number of carbonyl (C=O) groups excluding carboxylic acids is 1. The van der Waals surface area contributed by atoms with Crippen LogP contribution in [0.15, 0.2) is 30.5 Å². The van der Waals surface area contributed by atoms with Crippen LogP contribution in [0.2, 0.25) is 5.15 Å². The molecule has 1 aromatic carbocycles. The average molecular weight is 254 g/mol. The van der Waals surface area contributed by atoms with Gasteiger partial charge in [-0.05, 0) is 29.3 Å². The summed E-state index contributed by atoms with van der Waals surface area (Å²) in [5.41, 5.74) is 0.939. The Bertz CT molecular complexity index is 587. The molecular weight excluding hydrogens is 248 g/mol. The number of halogens is 3. The van der Waals surface area contributed by atoms with Crippen molar-refractivity contribution >= 4 is 17.9 Å². The quantitative estimate of drug-likeness (QED) is 0.606. The van der Waals surface area contributed by atoms with E-state index in [-0.39, 0.29) is 10.7 Å². The Kier molecular flexibility index (Phi) is 3.15. The lowest BCUT2D eigenvalue weighted by molar-refractivity contribution is 0.112. The molecule has 1 aromatic heterocycles. The molecule has 0 aliphatic heterocycles. The molecule has 17 heavy (non-hydrogen) atoms. The smallest absolute Gasteiger partial charge is 0.159 e. The molecule has 2 rings (SSSR count). The minimum atomic E-state index is -0.979. The predicted octanol–water partition coefficient (Wildman–Crippen LogP) is 3.49. The maximum Gasteiger partial charge on any atom is 0.159 e. The number of pyridine rings is 1. The molecule has 0 saturated heterocycles. The molecule has 2 aromatic rings. The first-order valence-corrected chi connectivity index (χ1v) is 5.06. The normalized spacial score (nSPS) is 10.3. The van der Waals surface area contributed by atoms with Crippen molar-refractivity contribution in [2.24, 2.45) is 0 Å². The van der Waals surface area contributed by atoms with Crippen molar-refractivity contribution in [1.82, 2.24) is 4.98 Å². The van der Waals surface area contributed by atoms with Crippen molar-refractivity contribution < 1.29 is 13.6 Å². The van der Waals surface area contributed by atoms with Crippen LogP contribution >= 0.6 is 11.6 Å². The van der Waals surface area contributed by atoms with Crippen LogP contribution in [0.3, 0.4) is 0 Å². The van der Waals surface area contributed by atoms with Crippen LogP contribution in [0.5, 0.6) is 0 Å². The van der Waals surface area contributed by atoms with Crippen molar-refractivity contribution in [2.75, 3.05) is 0 Å². The average Bonchev–Trinajstić information content (AvgIpc) is 2.32. The Morgan fingerprint density at radius 3 is 2.59 bits per heavy atom. The van der Waals surface area contributed by atoms with Gasteiger partial charge < -0.3 is 0 Å². The lowest BCUT2D eigenvalue weighted by Gasteiger charge is -2.06. The van der Waals surface area contributed by atoms with Crippen LogP contribution in [0, 0.1) is 11.6 Å². The Morgan fingerprint density at radius 2 is 1.94 bits per heavy atom. The second-order valence-electron chi connectivity index (χ2n) is 3.31. The third-order valence-electron chi connectivity index (χ3n) is 2.29. The molecule has 0 unspecified atom stereocenters. The molecule has 2 nitrogen and oxygen atoms in total. The molecular formula is C12H6ClF2NO. The topological polar surface area (TPSA) is 30.0 Å². The second-order valence-corrected chi connectivity index (χ2v) is 3.67. The number of aldehydes is 1. The zero-order valence-corrected chi connectivity index (χ0v) is 9.21. The molecule has 0 fully saturated rings. The van der Waals surface area contributed by atoms with E-state index >= 15 is 0 Å². The first kappa shape index (κ1) is 11.7. The minimum absolute atomic E-state index is 0.0298. The molecule has 0 aliphatic carbocycles. The number of benzene rings is 1. The van der Waals surface area contributed by atoms with Gasteiger partial charge in [-0.3, -0.25) is 4.79 Å². The number of nitrogens with zero attached hydrogens (tertiary/aromatic N) is 1. The van der Waals surface area contributed by atoms with Crippen LogP contribution in [0.25, 0.3) is 11.1 Å². The van der Waals surface area contributed by atoms with Crippen molar-refractivity contribution in [3.05, 3.63) is 52.8 Å². The van der Waals surface area contributed by atoms with E-state index in [1.54, 1.807) is 0 Å². The van der Waals surface area contributed by atoms with Gasteiger partial charge in [0.15, 0.2) is 17.9 Å². The van der Waals surface area contributed by atoms with Crippen LogP contribution in [0.4, 0.5) is 8.78 Å². The zero-order chi connectivity index (χ0) is 12.4. The third-order valence-corrected chi connectivity index (χ3v) is 2.59. The summed E-state index contributed by atoms with van der Waals surface area (Å²) >= 11 is 5.74. The highest BCUT2D eigenvalue weighted by Crippen LogP contribution is 2.27.